The van der Waals surface area contributed by atoms with Crippen LogP contribution in [0.5, 0.6) is 0 Å². The number of nitrogens with zero attached hydrogens (tertiary/aromatic N) is 1. The van der Waals surface area contributed by atoms with Crippen LogP contribution in [-0.4, -0.2) is 10.7 Å². The number of aromatic nitrogens is 1. The largest absolute Gasteiger partial charge is 0.241 e. The summed E-state index contributed by atoms with van der Waals surface area (Å²) in [5, 5.41) is 2.73. The molecule has 74 valence electrons. The summed E-state index contributed by atoms with van der Waals surface area (Å²) in [6, 6.07) is 9.62. The maximum Gasteiger partial charge on any atom is 0.0976 e. The topological polar surface area (TPSA) is 12.9 Å². The third-order valence-electron chi connectivity index (χ3n) is 1.93. The Hall–Kier alpha value is -1.17. The summed E-state index contributed by atoms with van der Waals surface area (Å²) >= 11 is 7.44. The van der Waals surface area contributed by atoms with Crippen molar-refractivity contribution in [3.8, 4) is 12.3 Å². The molecule has 0 aliphatic rings. The van der Waals surface area contributed by atoms with Crippen LogP contribution in [0.15, 0.2) is 35.4 Å². The highest BCUT2D eigenvalue weighted by Crippen LogP contribution is 2.22. The monoisotopic (exact) mass is 233 g/mol. The van der Waals surface area contributed by atoms with Crippen molar-refractivity contribution in [3.63, 3.8) is 0 Å². The molecule has 0 aliphatic heterocycles. The Morgan fingerprint density at radius 1 is 1.33 bits per heavy atom. The van der Waals surface area contributed by atoms with E-state index in [1.54, 1.807) is 11.8 Å². The van der Waals surface area contributed by atoms with Gasteiger partial charge in [-0.2, -0.15) is 0 Å². The van der Waals surface area contributed by atoms with E-state index in [-0.39, 0.29) is 0 Å². The van der Waals surface area contributed by atoms with Crippen LogP contribution in [0, 0.1) is 12.3 Å². The van der Waals surface area contributed by atoms with E-state index in [9.17, 15) is 0 Å². The fourth-order valence-electron chi connectivity index (χ4n) is 1.27. The van der Waals surface area contributed by atoms with Crippen LogP contribution in [0.2, 0.25) is 5.02 Å². The lowest BCUT2D eigenvalue weighted by molar-refractivity contribution is 1.19. The molecular formula is C12H8ClNS. The lowest BCUT2D eigenvalue weighted by Crippen LogP contribution is -1.83. The third-order valence-corrected chi connectivity index (χ3v) is 3.00. The Balaban J connectivity index is 2.40. The molecule has 0 N–H and O–H groups in total. The van der Waals surface area contributed by atoms with Gasteiger partial charge in [0.05, 0.1) is 16.3 Å². The Morgan fingerprint density at radius 2 is 2.20 bits per heavy atom. The molecule has 0 aliphatic carbocycles. The van der Waals surface area contributed by atoms with Gasteiger partial charge in [-0.25, -0.2) is 4.98 Å². The van der Waals surface area contributed by atoms with Gasteiger partial charge in [0.2, 0.25) is 0 Å². The average Bonchev–Trinajstić information content (AvgIpc) is 2.26. The van der Waals surface area contributed by atoms with Gasteiger partial charge in [0, 0.05) is 10.4 Å². The number of halogens is 1. The first kappa shape index (κ1) is 10.4. The van der Waals surface area contributed by atoms with Crippen molar-refractivity contribution in [1.82, 2.24) is 4.98 Å². The standard InChI is InChI=1S/C12H8ClNS/c1-2-7-15-12-6-3-9-8-10(13)4-5-11(9)14-12/h1,3-6,8H,7H2. The molecule has 0 unspecified atom stereocenters. The number of thioether (sulfide) groups is 1. The van der Waals surface area contributed by atoms with Gasteiger partial charge in [-0.3, -0.25) is 0 Å². The molecule has 0 spiro atoms. The predicted molar refractivity (Wildman–Crippen MR) is 66.3 cm³/mol. The summed E-state index contributed by atoms with van der Waals surface area (Å²) in [6.07, 6.45) is 5.19. The number of hydrogen-bond acceptors (Lipinski definition) is 2. The van der Waals surface area contributed by atoms with E-state index in [1.807, 2.05) is 30.3 Å². The zero-order valence-corrected chi connectivity index (χ0v) is 9.48. The number of hydrogen-bond donors (Lipinski definition) is 0. The maximum absolute atomic E-state index is 5.88. The van der Waals surface area contributed by atoms with Crippen LogP contribution in [0.4, 0.5) is 0 Å². The molecule has 1 heterocycles. The van der Waals surface area contributed by atoms with Crippen molar-refractivity contribution < 1.29 is 0 Å². The van der Waals surface area contributed by atoms with Gasteiger partial charge in [-0.15, -0.1) is 6.42 Å². The van der Waals surface area contributed by atoms with Crippen LogP contribution in [-0.2, 0) is 0 Å². The molecule has 1 nitrogen and oxygen atoms in total. The van der Waals surface area contributed by atoms with Crippen LogP contribution in [0.1, 0.15) is 0 Å². The van der Waals surface area contributed by atoms with E-state index in [4.69, 9.17) is 18.0 Å². The molecule has 0 fully saturated rings. The molecule has 0 amide bonds. The number of fused-ring (bicyclic) bond motifs is 1. The van der Waals surface area contributed by atoms with Gasteiger partial charge in [0.15, 0.2) is 0 Å². The SMILES string of the molecule is C#CCSc1ccc2cc(Cl)ccc2n1. The van der Waals surface area contributed by atoms with Gasteiger partial charge >= 0.3 is 0 Å². The van der Waals surface area contributed by atoms with E-state index in [1.165, 1.54) is 0 Å². The second kappa shape index (κ2) is 4.57. The Morgan fingerprint density at radius 3 is 3.00 bits per heavy atom. The van der Waals surface area contributed by atoms with E-state index < -0.39 is 0 Å². The molecule has 15 heavy (non-hydrogen) atoms. The van der Waals surface area contributed by atoms with Crippen molar-refractivity contribution >= 4 is 34.3 Å². The summed E-state index contributed by atoms with van der Waals surface area (Å²) < 4.78 is 0. The lowest BCUT2D eigenvalue weighted by Gasteiger charge is -2.00. The third kappa shape index (κ3) is 2.44. The molecule has 0 bridgehead atoms. The first-order valence-corrected chi connectivity index (χ1v) is 5.78. The predicted octanol–water partition coefficient (Wildman–Crippen LogP) is 3.61. The van der Waals surface area contributed by atoms with E-state index in [2.05, 4.69) is 10.9 Å². The summed E-state index contributed by atoms with van der Waals surface area (Å²) in [7, 11) is 0. The van der Waals surface area contributed by atoms with Gasteiger partial charge < -0.3 is 0 Å². The van der Waals surface area contributed by atoms with Gasteiger partial charge in [0.1, 0.15) is 0 Å². The van der Waals surface area contributed by atoms with Gasteiger partial charge in [-0.05, 0) is 24.3 Å². The van der Waals surface area contributed by atoms with Gasteiger partial charge in [0.25, 0.3) is 0 Å². The van der Waals surface area contributed by atoms with Crippen LogP contribution in [0.25, 0.3) is 10.9 Å². The molecular weight excluding hydrogens is 226 g/mol. The average molecular weight is 234 g/mol. The molecule has 0 radical (unpaired) electrons. The summed E-state index contributed by atoms with van der Waals surface area (Å²) in [5.41, 5.74) is 0.946. The van der Waals surface area contributed by atoms with Crippen LogP contribution >= 0.6 is 23.4 Å². The zero-order chi connectivity index (χ0) is 10.7. The second-order valence-electron chi connectivity index (χ2n) is 2.98. The molecule has 3 heteroatoms. The Labute approximate surface area is 97.9 Å². The Kier molecular flexibility index (Phi) is 3.15. The number of terminal acetylenes is 1. The second-order valence-corrected chi connectivity index (χ2v) is 4.41. The Bertz CT molecular complexity index is 531. The van der Waals surface area contributed by atoms with Crippen LogP contribution < -0.4 is 0 Å². The highest BCUT2D eigenvalue weighted by atomic mass is 35.5. The fraction of sp³-hybridized carbons (Fsp3) is 0.0833. The van der Waals surface area contributed by atoms with E-state index in [0.717, 1.165) is 21.0 Å². The fourth-order valence-corrected chi connectivity index (χ4v) is 2.01. The van der Waals surface area contributed by atoms with Gasteiger partial charge in [-0.1, -0.05) is 35.3 Å². The van der Waals surface area contributed by atoms with Crippen LogP contribution in [0.3, 0.4) is 0 Å². The zero-order valence-electron chi connectivity index (χ0n) is 7.90. The smallest absolute Gasteiger partial charge is 0.0976 e. The van der Waals surface area contributed by atoms with E-state index in [0.29, 0.717) is 5.75 Å². The van der Waals surface area contributed by atoms with Crippen molar-refractivity contribution in [2.75, 3.05) is 5.75 Å². The molecule has 1 aromatic carbocycles. The first-order chi connectivity index (χ1) is 7.29. The molecule has 2 aromatic rings. The summed E-state index contributed by atoms with van der Waals surface area (Å²) in [4.78, 5) is 4.46. The van der Waals surface area contributed by atoms with E-state index >= 15 is 0 Å². The quantitative estimate of drug-likeness (QED) is 0.581. The molecule has 1 aromatic heterocycles. The molecule has 0 saturated carbocycles. The molecule has 2 rings (SSSR count). The summed E-state index contributed by atoms with van der Waals surface area (Å²) in [6.45, 7) is 0. The minimum absolute atomic E-state index is 0.645. The highest BCUT2D eigenvalue weighted by molar-refractivity contribution is 7.99. The number of pyridine rings is 1. The van der Waals surface area contributed by atoms with Crippen molar-refractivity contribution in [2.24, 2.45) is 0 Å². The van der Waals surface area contributed by atoms with Crippen molar-refractivity contribution in [2.45, 2.75) is 5.03 Å². The van der Waals surface area contributed by atoms with Crippen molar-refractivity contribution in [3.05, 3.63) is 35.4 Å². The minimum atomic E-state index is 0.645. The minimum Gasteiger partial charge on any atom is -0.241 e. The normalized spacial score (nSPS) is 10.1. The summed E-state index contributed by atoms with van der Waals surface area (Å²) in [5.74, 6) is 3.22. The first-order valence-electron chi connectivity index (χ1n) is 4.42. The maximum atomic E-state index is 5.88. The molecule has 0 atom stereocenters. The van der Waals surface area contributed by atoms with Crippen molar-refractivity contribution in [1.29, 1.82) is 0 Å². The highest BCUT2D eigenvalue weighted by Gasteiger charge is 1.99. The number of rotatable bonds is 2. The molecule has 0 saturated heterocycles. The number of benzene rings is 1. The lowest BCUT2D eigenvalue weighted by atomic mass is 10.2.